The van der Waals surface area contributed by atoms with Gasteiger partial charge >= 0.3 is 0 Å². The van der Waals surface area contributed by atoms with Crippen molar-refractivity contribution in [2.24, 2.45) is 0 Å². The van der Waals surface area contributed by atoms with Gasteiger partial charge in [0.1, 0.15) is 5.75 Å². The van der Waals surface area contributed by atoms with Crippen molar-refractivity contribution in [1.82, 2.24) is 14.7 Å². The number of piperidine rings is 1. The minimum absolute atomic E-state index is 0.0216. The number of nitrogens with zero attached hydrogens (tertiary/aromatic N) is 3. The van der Waals surface area contributed by atoms with E-state index in [0.29, 0.717) is 13.1 Å². The maximum Gasteiger partial charge on any atom is 0.260 e. The normalized spacial score (nSPS) is 23.9. The topological polar surface area (TPSA) is 53.1 Å². The van der Waals surface area contributed by atoms with Crippen molar-refractivity contribution in [3.8, 4) is 5.75 Å². The predicted octanol–water partition coefficient (Wildman–Crippen LogP) is 2.91. The molecule has 3 heterocycles. The molecular weight excluding hydrogens is 390 g/mol. The van der Waals surface area contributed by atoms with Crippen LogP contribution in [0.1, 0.15) is 32.1 Å². The molecule has 3 saturated heterocycles. The van der Waals surface area contributed by atoms with Gasteiger partial charge in [-0.3, -0.25) is 14.5 Å². The van der Waals surface area contributed by atoms with Crippen molar-refractivity contribution in [3.63, 3.8) is 0 Å². The number of likely N-dealkylation sites (tertiary alicyclic amines) is 3. The lowest BCUT2D eigenvalue weighted by atomic mass is 9.77. The van der Waals surface area contributed by atoms with Crippen LogP contribution in [-0.4, -0.2) is 77.9 Å². The molecule has 3 fully saturated rings. The Kier molecular flexibility index (Phi) is 5.57. The van der Waals surface area contributed by atoms with Crippen molar-refractivity contribution in [3.05, 3.63) is 42.5 Å². The molecular formula is C25H31N3O3. The van der Waals surface area contributed by atoms with Crippen LogP contribution in [0.4, 0.5) is 0 Å². The first-order valence-corrected chi connectivity index (χ1v) is 11.6. The summed E-state index contributed by atoms with van der Waals surface area (Å²) in [7, 11) is 0. The summed E-state index contributed by atoms with van der Waals surface area (Å²) in [5.41, 5.74) is -0.0216. The maximum atomic E-state index is 12.9. The molecule has 1 atom stereocenters. The van der Waals surface area contributed by atoms with E-state index in [2.05, 4.69) is 11.0 Å². The van der Waals surface area contributed by atoms with Crippen molar-refractivity contribution < 1.29 is 14.3 Å². The Bertz CT molecular complexity index is 971. The molecule has 6 heteroatoms. The molecule has 5 rings (SSSR count). The number of hydrogen-bond acceptors (Lipinski definition) is 4. The summed E-state index contributed by atoms with van der Waals surface area (Å²) in [6.45, 7) is 4.79. The quantitative estimate of drug-likeness (QED) is 0.745. The summed E-state index contributed by atoms with van der Waals surface area (Å²) in [5.74, 6) is 1.00. The largest absolute Gasteiger partial charge is 0.484 e. The average molecular weight is 422 g/mol. The molecule has 0 aliphatic carbocycles. The standard InChI is InChI=1S/C25H31N3O3/c29-23(26-12-3-4-13-26)17-28-15-11-25(28)10-5-14-27(19-25)24(30)18-31-22-9-8-20-6-1-2-7-21(20)16-22/h1-2,6-9,16H,3-5,10-15,17-19H2. The van der Waals surface area contributed by atoms with Gasteiger partial charge in [0.25, 0.3) is 5.91 Å². The zero-order valence-electron chi connectivity index (χ0n) is 18.1. The SMILES string of the molecule is O=C(CN1CCC12CCCN(C(=O)COc1ccc3ccccc3c1)C2)N1CCCC1. The van der Waals surface area contributed by atoms with Crippen molar-refractivity contribution in [2.45, 2.75) is 37.6 Å². The molecule has 3 aliphatic heterocycles. The summed E-state index contributed by atoms with van der Waals surface area (Å²) in [6.07, 6.45) is 5.36. The van der Waals surface area contributed by atoms with Crippen molar-refractivity contribution in [2.75, 3.05) is 45.9 Å². The van der Waals surface area contributed by atoms with Crippen LogP contribution in [-0.2, 0) is 9.59 Å². The highest BCUT2D eigenvalue weighted by atomic mass is 16.5. The van der Waals surface area contributed by atoms with Crippen LogP contribution < -0.4 is 4.74 Å². The average Bonchev–Trinajstić information content (AvgIpc) is 3.35. The molecule has 0 N–H and O–H groups in total. The molecule has 0 radical (unpaired) electrons. The summed E-state index contributed by atoms with van der Waals surface area (Å²) in [6, 6.07) is 14.1. The van der Waals surface area contributed by atoms with E-state index in [1.807, 2.05) is 46.2 Å². The van der Waals surface area contributed by atoms with Gasteiger partial charge in [0.15, 0.2) is 6.61 Å². The van der Waals surface area contributed by atoms with Crippen molar-refractivity contribution in [1.29, 1.82) is 0 Å². The number of benzene rings is 2. The Labute approximate surface area is 183 Å². The monoisotopic (exact) mass is 421 g/mol. The van der Waals surface area contributed by atoms with Crippen LogP contribution in [0.15, 0.2) is 42.5 Å². The summed E-state index contributed by atoms with van der Waals surface area (Å²) in [4.78, 5) is 31.8. The van der Waals surface area contributed by atoms with Gasteiger partial charge in [-0.1, -0.05) is 30.3 Å². The first-order valence-electron chi connectivity index (χ1n) is 11.6. The number of ether oxygens (including phenoxy) is 1. The molecule has 0 saturated carbocycles. The minimum atomic E-state index is -0.0216. The lowest BCUT2D eigenvalue weighted by Crippen LogP contribution is -2.69. The van der Waals surface area contributed by atoms with E-state index in [-0.39, 0.29) is 24.0 Å². The summed E-state index contributed by atoms with van der Waals surface area (Å²) >= 11 is 0. The van der Waals surface area contributed by atoms with Crippen molar-refractivity contribution >= 4 is 22.6 Å². The third kappa shape index (κ3) is 4.13. The highest BCUT2D eigenvalue weighted by Crippen LogP contribution is 2.38. The van der Waals surface area contributed by atoms with Gasteiger partial charge in [-0.05, 0) is 55.0 Å². The fourth-order valence-electron chi connectivity index (χ4n) is 5.34. The Morgan fingerprint density at radius 1 is 0.839 bits per heavy atom. The van der Waals surface area contributed by atoms with Gasteiger partial charge < -0.3 is 14.5 Å². The first-order chi connectivity index (χ1) is 15.1. The van der Waals surface area contributed by atoms with Gasteiger partial charge in [0.2, 0.25) is 5.91 Å². The van der Waals surface area contributed by atoms with Gasteiger partial charge in [-0.2, -0.15) is 0 Å². The Hall–Kier alpha value is -2.60. The maximum absolute atomic E-state index is 12.9. The summed E-state index contributed by atoms with van der Waals surface area (Å²) in [5, 5.41) is 2.27. The van der Waals surface area contributed by atoms with Gasteiger partial charge in [0, 0.05) is 38.3 Å². The molecule has 0 aromatic heterocycles. The van der Waals surface area contributed by atoms with E-state index in [0.717, 1.165) is 74.8 Å². The number of rotatable bonds is 5. The molecule has 0 bridgehead atoms. The number of carbonyl (C=O) groups is 2. The van der Waals surface area contributed by atoms with Gasteiger partial charge in [0.05, 0.1) is 6.54 Å². The molecule has 2 aromatic carbocycles. The van der Waals surface area contributed by atoms with Crippen LogP contribution in [0.5, 0.6) is 5.75 Å². The van der Waals surface area contributed by atoms with Crippen LogP contribution in [0, 0.1) is 0 Å². The Morgan fingerprint density at radius 2 is 1.61 bits per heavy atom. The van der Waals surface area contributed by atoms with E-state index < -0.39 is 0 Å². The minimum Gasteiger partial charge on any atom is -0.484 e. The highest BCUT2D eigenvalue weighted by Gasteiger charge is 2.48. The first kappa shape index (κ1) is 20.3. The lowest BCUT2D eigenvalue weighted by molar-refractivity contribution is -0.147. The van der Waals surface area contributed by atoms with E-state index in [1.165, 1.54) is 0 Å². The molecule has 31 heavy (non-hydrogen) atoms. The van der Waals surface area contributed by atoms with Gasteiger partial charge in [-0.25, -0.2) is 0 Å². The third-order valence-corrected chi connectivity index (χ3v) is 7.29. The molecule has 1 spiro atoms. The molecule has 1 unspecified atom stereocenters. The lowest BCUT2D eigenvalue weighted by Gasteiger charge is -2.57. The van der Waals surface area contributed by atoms with Crippen LogP contribution in [0.25, 0.3) is 10.8 Å². The fourth-order valence-corrected chi connectivity index (χ4v) is 5.34. The molecule has 3 aliphatic rings. The smallest absolute Gasteiger partial charge is 0.260 e. The molecule has 2 amide bonds. The van der Waals surface area contributed by atoms with E-state index in [9.17, 15) is 9.59 Å². The molecule has 2 aromatic rings. The fraction of sp³-hybridized carbons (Fsp3) is 0.520. The van der Waals surface area contributed by atoms with E-state index >= 15 is 0 Å². The second kappa shape index (κ2) is 8.50. The zero-order valence-corrected chi connectivity index (χ0v) is 18.1. The number of carbonyl (C=O) groups excluding carboxylic acids is 2. The van der Waals surface area contributed by atoms with E-state index in [4.69, 9.17) is 4.74 Å². The predicted molar refractivity (Wildman–Crippen MR) is 120 cm³/mol. The number of amides is 2. The summed E-state index contributed by atoms with van der Waals surface area (Å²) < 4.78 is 5.84. The van der Waals surface area contributed by atoms with Gasteiger partial charge in [-0.15, -0.1) is 0 Å². The van der Waals surface area contributed by atoms with Crippen LogP contribution in [0.2, 0.25) is 0 Å². The zero-order chi connectivity index (χ0) is 21.3. The molecule has 6 nitrogen and oxygen atoms in total. The Morgan fingerprint density at radius 3 is 2.39 bits per heavy atom. The second-order valence-corrected chi connectivity index (χ2v) is 9.20. The second-order valence-electron chi connectivity index (χ2n) is 9.20. The number of hydrogen-bond donors (Lipinski definition) is 0. The number of fused-ring (bicyclic) bond motifs is 1. The third-order valence-electron chi connectivity index (χ3n) is 7.29. The van der Waals surface area contributed by atoms with Crippen LogP contribution in [0.3, 0.4) is 0 Å². The van der Waals surface area contributed by atoms with Crippen LogP contribution >= 0.6 is 0 Å². The highest BCUT2D eigenvalue weighted by molar-refractivity contribution is 5.84. The van der Waals surface area contributed by atoms with E-state index in [1.54, 1.807) is 0 Å². The molecule has 164 valence electrons. The Balaban J connectivity index is 1.17.